The first kappa shape index (κ1) is 15.9. The summed E-state index contributed by atoms with van der Waals surface area (Å²) in [4.78, 5) is 40.5. The van der Waals surface area contributed by atoms with Gasteiger partial charge in [-0.1, -0.05) is 18.2 Å². The van der Waals surface area contributed by atoms with Crippen molar-refractivity contribution in [2.45, 2.75) is 19.3 Å². The van der Waals surface area contributed by atoms with Gasteiger partial charge in [-0.2, -0.15) is 0 Å². The van der Waals surface area contributed by atoms with Crippen molar-refractivity contribution in [1.82, 2.24) is 15.2 Å². The molecule has 0 saturated carbocycles. The van der Waals surface area contributed by atoms with E-state index in [-0.39, 0.29) is 17.8 Å². The van der Waals surface area contributed by atoms with Crippen LogP contribution in [0.3, 0.4) is 0 Å². The molecule has 7 heteroatoms. The molecule has 1 aromatic carbocycles. The quantitative estimate of drug-likeness (QED) is 0.648. The Kier molecular flexibility index (Phi) is 4.69. The van der Waals surface area contributed by atoms with Gasteiger partial charge in [-0.3, -0.25) is 19.5 Å². The molecule has 1 fully saturated rings. The number of carbonyl (C=O) groups is 3. The third-order valence-corrected chi connectivity index (χ3v) is 3.88. The summed E-state index contributed by atoms with van der Waals surface area (Å²) < 4.78 is 0. The van der Waals surface area contributed by atoms with Gasteiger partial charge in [-0.15, -0.1) is 0 Å². The summed E-state index contributed by atoms with van der Waals surface area (Å²) >= 11 is 0. The number of benzene rings is 1. The number of hydrogen-bond donors (Lipinski definition) is 2. The summed E-state index contributed by atoms with van der Waals surface area (Å²) in [5, 5.41) is 6.44. The number of para-hydroxylation sites is 1. The number of nitrogens with zero attached hydrogens (tertiary/aromatic N) is 2. The maximum absolute atomic E-state index is 12.0. The smallest absolute Gasteiger partial charge is 0.319 e. The van der Waals surface area contributed by atoms with Crippen LogP contribution in [0, 0.1) is 0 Å². The van der Waals surface area contributed by atoms with E-state index in [4.69, 9.17) is 0 Å². The Bertz CT molecular complexity index is 769. The molecule has 0 radical (unpaired) electrons. The van der Waals surface area contributed by atoms with Crippen molar-refractivity contribution in [3.8, 4) is 0 Å². The molecule has 3 rings (SSSR count). The lowest BCUT2D eigenvalue weighted by Gasteiger charge is -2.14. The van der Waals surface area contributed by atoms with E-state index in [1.165, 1.54) is 4.90 Å². The van der Waals surface area contributed by atoms with Gasteiger partial charge in [0.2, 0.25) is 11.8 Å². The highest BCUT2D eigenvalue weighted by atomic mass is 16.2. The predicted octanol–water partition coefficient (Wildman–Crippen LogP) is 1.90. The van der Waals surface area contributed by atoms with Crippen molar-refractivity contribution in [2.75, 3.05) is 18.4 Å². The van der Waals surface area contributed by atoms with E-state index in [2.05, 4.69) is 15.6 Å². The molecule has 7 nitrogen and oxygen atoms in total. The van der Waals surface area contributed by atoms with Crippen molar-refractivity contribution in [3.63, 3.8) is 0 Å². The first-order valence-corrected chi connectivity index (χ1v) is 7.87. The third kappa shape index (κ3) is 3.51. The number of carbonyl (C=O) groups excluding carboxylic acids is 3. The van der Waals surface area contributed by atoms with Gasteiger partial charge in [0.1, 0.15) is 0 Å². The molecule has 2 aromatic rings. The topological polar surface area (TPSA) is 91.4 Å². The minimum Gasteiger partial charge on any atom is -0.338 e. The number of pyridine rings is 1. The molecule has 24 heavy (non-hydrogen) atoms. The third-order valence-electron chi connectivity index (χ3n) is 3.88. The summed E-state index contributed by atoms with van der Waals surface area (Å²) in [6.07, 6.45) is 2.79. The molecule has 0 bridgehead atoms. The number of urea groups is 1. The lowest BCUT2D eigenvalue weighted by molar-refractivity contribution is -0.138. The van der Waals surface area contributed by atoms with Crippen LogP contribution < -0.4 is 10.6 Å². The lowest BCUT2D eigenvalue weighted by atomic mass is 10.2. The van der Waals surface area contributed by atoms with Crippen LogP contribution >= 0.6 is 0 Å². The molecule has 2 N–H and O–H groups in total. The van der Waals surface area contributed by atoms with E-state index in [1.807, 2.05) is 24.3 Å². The normalized spacial score (nSPS) is 14.2. The van der Waals surface area contributed by atoms with Crippen molar-refractivity contribution in [1.29, 1.82) is 0 Å². The highest BCUT2D eigenvalue weighted by Gasteiger charge is 2.27. The van der Waals surface area contributed by atoms with Crippen LogP contribution in [-0.4, -0.2) is 40.8 Å². The van der Waals surface area contributed by atoms with Crippen LogP contribution in [0.5, 0.6) is 0 Å². The molecule has 0 aliphatic carbocycles. The van der Waals surface area contributed by atoms with Crippen LogP contribution in [0.4, 0.5) is 10.5 Å². The molecule has 0 atom stereocenters. The van der Waals surface area contributed by atoms with Crippen molar-refractivity contribution < 1.29 is 14.4 Å². The zero-order valence-corrected chi connectivity index (χ0v) is 13.1. The Morgan fingerprint density at radius 1 is 1.12 bits per heavy atom. The molecule has 2 heterocycles. The first-order valence-electron chi connectivity index (χ1n) is 7.87. The molecule has 1 aliphatic heterocycles. The molecule has 1 aromatic heterocycles. The molecule has 4 amide bonds. The Balaban J connectivity index is 1.49. The maximum Gasteiger partial charge on any atom is 0.319 e. The van der Waals surface area contributed by atoms with Crippen molar-refractivity contribution >= 4 is 34.4 Å². The summed E-state index contributed by atoms with van der Waals surface area (Å²) in [7, 11) is 0. The number of aromatic nitrogens is 1. The fourth-order valence-electron chi connectivity index (χ4n) is 2.68. The Morgan fingerprint density at radius 2 is 1.88 bits per heavy atom. The monoisotopic (exact) mass is 326 g/mol. The fraction of sp³-hybridized carbons (Fsp3) is 0.294. The van der Waals surface area contributed by atoms with Crippen molar-refractivity contribution in [2.24, 2.45) is 0 Å². The number of rotatable bonds is 5. The van der Waals surface area contributed by atoms with Gasteiger partial charge in [0, 0.05) is 37.5 Å². The minimum absolute atomic E-state index is 0.133. The molecule has 0 unspecified atom stereocenters. The highest BCUT2D eigenvalue weighted by Crippen LogP contribution is 2.20. The number of fused-ring (bicyclic) bond motifs is 1. The maximum atomic E-state index is 12.0. The van der Waals surface area contributed by atoms with Gasteiger partial charge in [-0.25, -0.2) is 4.79 Å². The van der Waals surface area contributed by atoms with Crippen LogP contribution in [0.25, 0.3) is 10.9 Å². The Hall–Kier alpha value is -2.96. The van der Waals surface area contributed by atoms with Crippen LogP contribution in [-0.2, 0) is 9.59 Å². The van der Waals surface area contributed by atoms with Crippen LogP contribution in [0.15, 0.2) is 36.5 Å². The van der Waals surface area contributed by atoms with Gasteiger partial charge in [0.15, 0.2) is 0 Å². The fourth-order valence-corrected chi connectivity index (χ4v) is 2.68. The second-order valence-electron chi connectivity index (χ2n) is 5.55. The molecular formula is C17H18N4O3. The predicted molar refractivity (Wildman–Crippen MR) is 89.3 cm³/mol. The van der Waals surface area contributed by atoms with Crippen molar-refractivity contribution in [3.05, 3.63) is 36.5 Å². The number of nitrogens with one attached hydrogen (secondary N) is 2. The Morgan fingerprint density at radius 3 is 2.67 bits per heavy atom. The van der Waals surface area contributed by atoms with E-state index in [9.17, 15) is 14.4 Å². The van der Waals surface area contributed by atoms with E-state index >= 15 is 0 Å². The van der Waals surface area contributed by atoms with E-state index in [0.717, 1.165) is 10.9 Å². The largest absolute Gasteiger partial charge is 0.338 e. The van der Waals surface area contributed by atoms with Crippen LogP contribution in [0.1, 0.15) is 19.3 Å². The summed E-state index contributed by atoms with van der Waals surface area (Å²) in [6.45, 7) is 0.717. The van der Waals surface area contributed by atoms with Gasteiger partial charge in [0.25, 0.3) is 0 Å². The van der Waals surface area contributed by atoms with Gasteiger partial charge >= 0.3 is 6.03 Å². The number of amides is 4. The molecule has 1 saturated heterocycles. The number of hydrogen-bond acceptors (Lipinski definition) is 4. The first-order chi connectivity index (χ1) is 11.6. The standard InChI is InChI=1S/C17H18N4O3/c22-14-7-8-15(23)21(14)11-3-10-19-17(24)20-13-6-1-4-12-5-2-9-18-16(12)13/h1-2,4-6,9H,3,7-8,10-11H2,(H2,19,20,24). The average molecular weight is 326 g/mol. The van der Waals surface area contributed by atoms with Gasteiger partial charge in [0.05, 0.1) is 11.2 Å². The zero-order chi connectivity index (χ0) is 16.9. The minimum atomic E-state index is -0.341. The van der Waals surface area contributed by atoms with E-state index in [0.29, 0.717) is 38.0 Å². The summed E-state index contributed by atoms with van der Waals surface area (Å²) in [5.74, 6) is -0.266. The lowest BCUT2D eigenvalue weighted by Crippen LogP contribution is -2.34. The molecule has 0 spiro atoms. The summed E-state index contributed by atoms with van der Waals surface area (Å²) in [5.41, 5.74) is 1.36. The molecule has 1 aliphatic rings. The average Bonchev–Trinajstić information content (AvgIpc) is 2.90. The Labute approximate surface area is 139 Å². The SMILES string of the molecule is O=C(NCCCN1C(=O)CCC1=O)Nc1cccc2cccnc12. The second-order valence-corrected chi connectivity index (χ2v) is 5.55. The van der Waals surface area contributed by atoms with Gasteiger partial charge in [-0.05, 0) is 18.6 Å². The number of likely N-dealkylation sites (tertiary alicyclic amines) is 1. The molecular weight excluding hydrogens is 308 g/mol. The highest BCUT2D eigenvalue weighted by molar-refractivity contribution is 6.02. The number of anilines is 1. The number of imide groups is 1. The van der Waals surface area contributed by atoms with E-state index in [1.54, 1.807) is 12.3 Å². The summed E-state index contributed by atoms with van der Waals surface area (Å²) in [6, 6.07) is 8.99. The van der Waals surface area contributed by atoms with E-state index < -0.39 is 0 Å². The van der Waals surface area contributed by atoms with Crippen LogP contribution in [0.2, 0.25) is 0 Å². The molecule has 124 valence electrons. The second kappa shape index (κ2) is 7.08. The zero-order valence-electron chi connectivity index (χ0n) is 13.1. The van der Waals surface area contributed by atoms with Gasteiger partial charge < -0.3 is 10.6 Å².